The number of benzene rings is 3. The van der Waals surface area contributed by atoms with E-state index >= 15 is 0 Å². The maximum absolute atomic E-state index is 12.8. The molecule has 0 unspecified atom stereocenters. The van der Waals surface area contributed by atoms with E-state index in [2.05, 4.69) is 38.1 Å². The number of anilines is 1. The number of para-hydroxylation sites is 1. The zero-order valence-corrected chi connectivity index (χ0v) is 18.7. The van der Waals surface area contributed by atoms with Crippen LogP contribution in [-0.2, 0) is 28.9 Å². The fourth-order valence-corrected chi connectivity index (χ4v) is 4.35. The summed E-state index contributed by atoms with van der Waals surface area (Å²) in [6.45, 7) is 4.55. The fraction of sp³-hybridized carbons (Fsp3) is 0.286. The molecule has 0 aromatic heterocycles. The van der Waals surface area contributed by atoms with Gasteiger partial charge in [0.15, 0.2) is 0 Å². The summed E-state index contributed by atoms with van der Waals surface area (Å²) in [5.74, 6) is -0.300. The molecule has 164 valence electrons. The van der Waals surface area contributed by atoms with Crippen LogP contribution in [0.5, 0.6) is 5.75 Å². The number of hydrogen-bond donors (Lipinski definition) is 0. The van der Waals surface area contributed by atoms with Crippen molar-refractivity contribution in [1.29, 1.82) is 0 Å². The van der Waals surface area contributed by atoms with Gasteiger partial charge in [-0.15, -0.1) is 0 Å². The summed E-state index contributed by atoms with van der Waals surface area (Å²) in [6.07, 6.45) is 2.71. The van der Waals surface area contributed by atoms with Crippen LogP contribution in [0.25, 0.3) is 0 Å². The van der Waals surface area contributed by atoms with Crippen molar-refractivity contribution in [1.82, 2.24) is 0 Å². The van der Waals surface area contributed by atoms with E-state index in [4.69, 9.17) is 4.74 Å². The van der Waals surface area contributed by atoms with Crippen molar-refractivity contribution in [3.63, 3.8) is 0 Å². The summed E-state index contributed by atoms with van der Waals surface area (Å²) in [5, 5.41) is 0. The Morgan fingerprint density at radius 3 is 2.12 bits per heavy atom. The van der Waals surface area contributed by atoms with Crippen molar-refractivity contribution < 1.29 is 14.3 Å². The number of rotatable bonds is 7. The number of nitrogens with zero attached hydrogens (tertiary/aromatic N) is 1. The van der Waals surface area contributed by atoms with Crippen LogP contribution in [0.1, 0.15) is 42.5 Å². The molecule has 1 atom stereocenters. The predicted octanol–water partition coefficient (Wildman–Crippen LogP) is 5.36. The van der Waals surface area contributed by atoms with Gasteiger partial charge < -0.3 is 9.64 Å². The lowest BCUT2D eigenvalue weighted by Gasteiger charge is -2.23. The second-order valence-corrected chi connectivity index (χ2v) is 8.26. The van der Waals surface area contributed by atoms with Crippen molar-refractivity contribution in [3.05, 3.63) is 95.1 Å². The van der Waals surface area contributed by atoms with Crippen LogP contribution in [0.2, 0.25) is 0 Å². The number of carbonyl (C=O) groups is 2. The van der Waals surface area contributed by atoms with E-state index in [1.54, 1.807) is 4.90 Å². The van der Waals surface area contributed by atoms with Gasteiger partial charge in [-0.05, 0) is 53.6 Å². The molecule has 32 heavy (non-hydrogen) atoms. The van der Waals surface area contributed by atoms with Crippen molar-refractivity contribution in [2.75, 3.05) is 11.4 Å². The molecule has 0 aliphatic carbocycles. The molecule has 1 aliphatic heterocycles. The summed E-state index contributed by atoms with van der Waals surface area (Å²) in [4.78, 5) is 27.4. The Morgan fingerprint density at radius 2 is 1.50 bits per heavy atom. The SMILES string of the molecule is CCc1cccc(CC)c1N1C[C@@H](C(=O)Oc2ccc(Cc3ccccc3)cc2)CC1=O. The van der Waals surface area contributed by atoms with Gasteiger partial charge in [-0.3, -0.25) is 9.59 Å². The molecule has 1 aliphatic rings. The maximum atomic E-state index is 12.8. The van der Waals surface area contributed by atoms with Gasteiger partial charge in [0.05, 0.1) is 5.92 Å². The van der Waals surface area contributed by atoms with Gasteiger partial charge in [-0.2, -0.15) is 0 Å². The van der Waals surface area contributed by atoms with E-state index < -0.39 is 5.92 Å². The Balaban J connectivity index is 1.42. The lowest BCUT2D eigenvalue weighted by Crippen LogP contribution is -2.29. The minimum Gasteiger partial charge on any atom is -0.426 e. The molecule has 3 aromatic carbocycles. The Kier molecular flexibility index (Phi) is 6.69. The molecule has 1 saturated heterocycles. The van der Waals surface area contributed by atoms with E-state index in [0.29, 0.717) is 12.3 Å². The minimum atomic E-state index is -0.457. The van der Waals surface area contributed by atoms with Crippen molar-refractivity contribution in [3.8, 4) is 5.75 Å². The molecule has 0 radical (unpaired) electrons. The number of ether oxygens (including phenoxy) is 1. The molecule has 0 saturated carbocycles. The Hall–Kier alpha value is -3.40. The third kappa shape index (κ3) is 4.75. The molecule has 0 bridgehead atoms. The van der Waals surface area contributed by atoms with Gasteiger partial charge in [0.2, 0.25) is 5.91 Å². The zero-order chi connectivity index (χ0) is 22.5. The van der Waals surface area contributed by atoms with Crippen molar-refractivity contribution in [2.45, 2.75) is 39.5 Å². The van der Waals surface area contributed by atoms with E-state index in [1.807, 2.05) is 48.5 Å². The monoisotopic (exact) mass is 427 g/mol. The normalized spacial score (nSPS) is 15.8. The van der Waals surface area contributed by atoms with Gasteiger partial charge in [-0.1, -0.05) is 74.5 Å². The molecule has 1 fully saturated rings. The number of carbonyl (C=O) groups excluding carboxylic acids is 2. The Morgan fingerprint density at radius 1 is 0.875 bits per heavy atom. The van der Waals surface area contributed by atoms with Gasteiger partial charge in [0.25, 0.3) is 0 Å². The first kappa shape index (κ1) is 21.8. The van der Waals surface area contributed by atoms with E-state index in [-0.39, 0.29) is 18.3 Å². The van der Waals surface area contributed by atoms with Crippen LogP contribution in [0.15, 0.2) is 72.8 Å². The van der Waals surface area contributed by atoms with Gasteiger partial charge >= 0.3 is 5.97 Å². The van der Waals surface area contributed by atoms with Gasteiger partial charge in [-0.25, -0.2) is 0 Å². The highest BCUT2D eigenvalue weighted by atomic mass is 16.5. The molecule has 1 heterocycles. The summed E-state index contributed by atoms with van der Waals surface area (Å²) in [6, 6.07) is 24.0. The number of esters is 1. The highest BCUT2D eigenvalue weighted by Gasteiger charge is 2.37. The molecular weight excluding hydrogens is 398 g/mol. The number of amides is 1. The highest BCUT2D eigenvalue weighted by molar-refractivity contribution is 6.00. The van der Waals surface area contributed by atoms with Gasteiger partial charge in [0.1, 0.15) is 5.75 Å². The van der Waals surface area contributed by atoms with Crippen LogP contribution in [-0.4, -0.2) is 18.4 Å². The molecule has 0 N–H and O–H groups in total. The first-order valence-electron chi connectivity index (χ1n) is 11.3. The zero-order valence-electron chi connectivity index (χ0n) is 18.7. The summed E-state index contributed by atoms with van der Waals surface area (Å²) < 4.78 is 5.63. The average molecular weight is 428 g/mol. The van der Waals surface area contributed by atoms with E-state index in [1.165, 1.54) is 5.56 Å². The van der Waals surface area contributed by atoms with Crippen LogP contribution in [0.4, 0.5) is 5.69 Å². The van der Waals surface area contributed by atoms with Crippen molar-refractivity contribution in [2.24, 2.45) is 5.92 Å². The third-order valence-electron chi connectivity index (χ3n) is 6.09. The highest BCUT2D eigenvalue weighted by Crippen LogP contribution is 2.33. The quantitative estimate of drug-likeness (QED) is 0.377. The molecule has 1 amide bonds. The topological polar surface area (TPSA) is 46.6 Å². The predicted molar refractivity (Wildman–Crippen MR) is 127 cm³/mol. The summed E-state index contributed by atoms with van der Waals surface area (Å²) in [5.41, 5.74) is 5.65. The molecule has 4 rings (SSSR count). The van der Waals surface area contributed by atoms with E-state index in [0.717, 1.165) is 41.6 Å². The fourth-order valence-electron chi connectivity index (χ4n) is 4.35. The largest absolute Gasteiger partial charge is 0.426 e. The first-order valence-corrected chi connectivity index (χ1v) is 11.3. The van der Waals surface area contributed by atoms with Crippen molar-refractivity contribution >= 4 is 17.6 Å². The molecule has 4 nitrogen and oxygen atoms in total. The number of aryl methyl sites for hydroxylation is 2. The summed E-state index contributed by atoms with van der Waals surface area (Å²) in [7, 11) is 0. The van der Waals surface area contributed by atoms with Gasteiger partial charge in [0, 0.05) is 18.7 Å². The molecular formula is C28H29NO3. The Labute approximate surface area is 189 Å². The number of hydrogen-bond acceptors (Lipinski definition) is 3. The standard InChI is InChI=1S/C28H29NO3/c1-3-22-11-8-12-23(4-2)27(22)29-19-24(18-26(29)30)28(31)32-25-15-13-21(14-16-25)17-20-9-6-5-7-10-20/h5-16,24H,3-4,17-19H2,1-2H3/t24-/m0/s1. The van der Waals surface area contributed by atoms with Crippen LogP contribution in [0, 0.1) is 5.92 Å². The lowest BCUT2D eigenvalue weighted by molar-refractivity contribution is -0.139. The first-order chi connectivity index (χ1) is 15.6. The summed E-state index contributed by atoms with van der Waals surface area (Å²) >= 11 is 0. The third-order valence-corrected chi connectivity index (χ3v) is 6.09. The second-order valence-electron chi connectivity index (χ2n) is 8.26. The van der Waals surface area contributed by atoms with E-state index in [9.17, 15) is 9.59 Å². The van der Waals surface area contributed by atoms with Crippen LogP contribution >= 0.6 is 0 Å². The maximum Gasteiger partial charge on any atom is 0.316 e. The van der Waals surface area contributed by atoms with Crippen LogP contribution in [0.3, 0.4) is 0 Å². The minimum absolute atomic E-state index is 0.0132. The van der Waals surface area contributed by atoms with Crippen LogP contribution < -0.4 is 9.64 Å². The second kappa shape index (κ2) is 9.82. The molecule has 4 heteroatoms. The molecule has 3 aromatic rings. The Bertz CT molecular complexity index is 1070. The average Bonchev–Trinajstić information content (AvgIpc) is 3.21. The molecule has 0 spiro atoms. The smallest absolute Gasteiger partial charge is 0.316 e. The lowest BCUT2D eigenvalue weighted by atomic mass is 10.0.